The maximum atomic E-state index is 10.9. The van der Waals surface area contributed by atoms with E-state index in [1.54, 1.807) is 6.07 Å². The van der Waals surface area contributed by atoms with Gasteiger partial charge in [0.1, 0.15) is 0 Å². The van der Waals surface area contributed by atoms with E-state index in [4.69, 9.17) is 9.52 Å². The summed E-state index contributed by atoms with van der Waals surface area (Å²) in [4.78, 5) is 10.9. The Morgan fingerprint density at radius 2 is 2.00 bits per heavy atom. The van der Waals surface area contributed by atoms with Crippen LogP contribution < -0.4 is 5.32 Å². The van der Waals surface area contributed by atoms with Gasteiger partial charge in [-0.2, -0.15) is 0 Å². The zero-order chi connectivity index (χ0) is 14.0. The molecule has 2 rings (SSSR count). The van der Waals surface area contributed by atoms with Crippen LogP contribution in [-0.4, -0.2) is 11.1 Å². The summed E-state index contributed by atoms with van der Waals surface area (Å²) in [7, 11) is 0. The Morgan fingerprint density at radius 3 is 2.58 bits per heavy atom. The highest BCUT2D eigenvalue weighted by atomic mass is 79.9. The van der Waals surface area contributed by atoms with Gasteiger partial charge < -0.3 is 14.8 Å². The number of carboxylic acid groups (broad SMARTS) is 1. The van der Waals surface area contributed by atoms with Crippen LogP contribution >= 0.6 is 31.9 Å². The largest absolute Gasteiger partial charge is 0.475 e. The summed E-state index contributed by atoms with van der Waals surface area (Å²) in [6.07, 6.45) is 1.37. The Kier molecular flexibility index (Phi) is 4.31. The maximum Gasteiger partial charge on any atom is 0.372 e. The fourth-order valence-electron chi connectivity index (χ4n) is 1.71. The van der Waals surface area contributed by atoms with Crippen LogP contribution in [0.1, 0.15) is 21.7 Å². The lowest BCUT2D eigenvalue weighted by Crippen LogP contribution is -2.05. The van der Waals surface area contributed by atoms with Gasteiger partial charge >= 0.3 is 5.97 Å². The number of benzene rings is 1. The predicted octanol–water partition coefficient (Wildman–Crippen LogP) is 4.42. The second-order valence-electron chi connectivity index (χ2n) is 4.04. The Morgan fingerprint density at radius 1 is 1.37 bits per heavy atom. The van der Waals surface area contributed by atoms with Crippen molar-refractivity contribution in [3.8, 4) is 0 Å². The van der Waals surface area contributed by atoms with Crippen LogP contribution in [0.15, 0.2) is 37.8 Å². The van der Waals surface area contributed by atoms with Crippen LogP contribution in [0.5, 0.6) is 0 Å². The minimum absolute atomic E-state index is 0.0353. The third kappa shape index (κ3) is 3.19. The highest BCUT2D eigenvalue weighted by molar-refractivity contribution is 9.11. The second kappa shape index (κ2) is 5.79. The monoisotopic (exact) mass is 387 g/mol. The van der Waals surface area contributed by atoms with Crippen molar-refractivity contribution in [3.05, 3.63) is 50.3 Å². The molecule has 0 bridgehead atoms. The quantitative estimate of drug-likeness (QED) is 0.813. The molecule has 0 atom stereocenters. The van der Waals surface area contributed by atoms with Crippen molar-refractivity contribution in [2.24, 2.45) is 0 Å². The molecular formula is C13H11Br2NO3. The summed E-state index contributed by atoms with van der Waals surface area (Å²) in [5, 5.41) is 12.1. The normalized spacial score (nSPS) is 10.5. The third-order valence-corrected chi connectivity index (χ3v) is 3.83. The van der Waals surface area contributed by atoms with Gasteiger partial charge in [0.2, 0.25) is 5.76 Å². The average Bonchev–Trinajstić information content (AvgIpc) is 2.75. The van der Waals surface area contributed by atoms with E-state index in [2.05, 4.69) is 37.2 Å². The summed E-state index contributed by atoms with van der Waals surface area (Å²) in [5.74, 6) is -1.10. The van der Waals surface area contributed by atoms with E-state index in [0.29, 0.717) is 12.1 Å². The summed E-state index contributed by atoms with van der Waals surface area (Å²) < 4.78 is 6.76. The molecule has 19 heavy (non-hydrogen) atoms. The standard InChI is InChI=1S/C13H11Br2NO3/c1-7-4-9(14)11(10(15)5-7)16-6-8-2-3-19-12(8)13(17)18/h2-5,16H,6H2,1H3,(H,17,18). The molecule has 2 aromatic rings. The third-order valence-electron chi connectivity index (χ3n) is 2.58. The molecule has 1 aromatic carbocycles. The van der Waals surface area contributed by atoms with Crippen LogP contribution in [0.25, 0.3) is 0 Å². The molecule has 1 heterocycles. The van der Waals surface area contributed by atoms with Crippen LogP contribution in [0.2, 0.25) is 0 Å². The highest BCUT2D eigenvalue weighted by Gasteiger charge is 2.14. The van der Waals surface area contributed by atoms with Crippen molar-refractivity contribution in [3.63, 3.8) is 0 Å². The molecule has 0 amide bonds. The van der Waals surface area contributed by atoms with Crippen molar-refractivity contribution in [2.45, 2.75) is 13.5 Å². The molecule has 0 saturated heterocycles. The van der Waals surface area contributed by atoms with Gasteiger partial charge in [-0.3, -0.25) is 0 Å². The van der Waals surface area contributed by atoms with E-state index < -0.39 is 5.97 Å². The van der Waals surface area contributed by atoms with Crippen molar-refractivity contribution < 1.29 is 14.3 Å². The molecule has 0 aliphatic carbocycles. The molecule has 0 fully saturated rings. The summed E-state index contributed by atoms with van der Waals surface area (Å²) in [5.41, 5.74) is 2.61. The molecule has 0 aliphatic heterocycles. The lowest BCUT2D eigenvalue weighted by molar-refractivity contribution is 0.0661. The van der Waals surface area contributed by atoms with Gasteiger partial charge in [-0.1, -0.05) is 0 Å². The van der Waals surface area contributed by atoms with Gasteiger partial charge in [0.05, 0.1) is 12.0 Å². The zero-order valence-electron chi connectivity index (χ0n) is 10.0. The number of aryl methyl sites for hydroxylation is 1. The Balaban J connectivity index is 2.19. The lowest BCUT2D eigenvalue weighted by atomic mass is 10.2. The first-order chi connectivity index (χ1) is 8.99. The number of nitrogens with one attached hydrogen (secondary N) is 1. The minimum Gasteiger partial charge on any atom is -0.475 e. The molecule has 0 aliphatic rings. The number of carboxylic acids is 1. The molecule has 2 N–H and O–H groups in total. The maximum absolute atomic E-state index is 10.9. The van der Waals surface area contributed by atoms with Crippen molar-refractivity contribution >= 4 is 43.5 Å². The molecule has 100 valence electrons. The first-order valence-electron chi connectivity index (χ1n) is 5.48. The smallest absolute Gasteiger partial charge is 0.372 e. The number of aromatic carboxylic acids is 1. The Hall–Kier alpha value is -1.27. The molecule has 0 spiro atoms. The van der Waals surface area contributed by atoms with E-state index in [1.165, 1.54) is 6.26 Å². The van der Waals surface area contributed by atoms with Gasteiger partial charge in [-0.25, -0.2) is 4.79 Å². The van der Waals surface area contributed by atoms with Crippen LogP contribution in [0, 0.1) is 6.92 Å². The first kappa shape index (κ1) is 14.1. The van der Waals surface area contributed by atoms with Gasteiger partial charge in [0.15, 0.2) is 0 Å². The van der Waals surface area contributed by atoms with Gasteiger partial charge in [-0.15, -0.1) is 0 Å². The number of anilines is 1. The topological polar surface area (TPSA) is 62.5 Å². The summed E-state index contributed by atoms with van der Waals surface area (Å²) >= 11 is 6.95. The van der Waals surface area contributed by atoms with E-state index in [1.807, 2.05) is 19.1 Å². The molecule has 6 heteroatoms. The molecule has 0 radical (unpaired) electrons. The minimum atomic E-state index is -1.07. The van der Waals surface area contributed by atoms with E-state index >= 15 is 0 Å². The van der Waals surface area contributed by atoms with Crippen LogP contribution in [0.4, 0.5) is 5.69 Å². The average molecular weight is 389 g/mol. The van der Waals surface area contributed by atoms with E-state index in [9.17, 15) is 4.79 Å². The van der Waals surface area contributed by atoms with Gasteiger partial charge in [0.25, 0.3) is 0 Å². The molecule has 0 saturated carbocycles. The number of furan rings is 1. The summed E-state index contributed by atoms with van der Waals surface area (Å²) in [6.45, 7) is 2.37. The number of halogens is 2. The van der Waals surface area contributed by atoms with Crippen LogP contribution in [-0.2, 0) is 6.54 Å². The van der Waals surface area contributed by atoms with Crippen molar-refractivity contribution in [1.82, 2.24) is 0 Å². The van der Waals surface area contributed by atoms with Crippen molar-refractivity contribution in [1.29, 1.82) is 0 Å². The Bertz CT molecular complexity index is 599. The number of hydrogen-bond acceptors (Lipinski definition) is 3. The lowest BCUT2D eigenvalue weighted by Gasteiger charge is -2.11. The van der Waals surface area contributed by atoms with Gasteiger partial charge in [0, 0.05) is 21.1 Å². The van der Waals surface area contributed by atoms with Crippen molar-refractivity contribution in [2.75, 3.05) is 5.32 Å². The van der Waals surface area contributed by atoms with Crippen LogP contribution in [0.3, 0.4) is 0 Å². The fraction of sp³-hybridized carbons (Fsp3) is 0.154. The van der Waals surface area contributed by atoms with E-state index in [0.717, 1.165) is 20.2 Å². The molecule has 1 aromatic heterocycles. The number of carbonyl (C=O) groups is 1. The summed E-state index contributed by atoms with van der Waals surface area (Å²) in [6, 6.07) is 5.62. The molecular weight excluding hydrogens is 378 g/mol. The highest BCUT2D eigenvalue weighted by Crippen LogP contribution is 2.32. The first-order valence-corrected chi connectivity index (χ1v) is 7.07. The predicted molar refractivity (Wildman–Crippen MR) is 79.6 cm³/mol. The SMILES string of the molecule is Cc1cc(Br)c(NCc2ccoc2C(=O)O)c(Br)c1. The molecule has 4 nitrogen and oxygen atoms in total. The number of rotatable bonds is 4. The second-order valence-corrected chi connectivity index (χ2v) is 5.75. The number of hydrogen-bond donors (Lipinski definition) is 2. The fourth-order valence-corrected chi connectivity index (χ4v) is 3.41. The van der Waals surface area contributed by atoms with Gasteiger partial charge in [-0.05, 0) is 62.5 Å². The zero-order valence-corrected chi connectivity index (χ0v) is 13.2. The Labute approximate surface area is 127 Å². The molecule has 0 unspecified atom stereocenters. The van der Waals surface area contributed by atoms with E-state index in [-0.39, 0.29) is 5.76 Å².